The van der Waals surface area contributed by atoms with Gasteiger partial charge in [0, 0.05) is 21.5 Å². The van der Waals surface area contributed by atoms with Crippen molar-refractivity contribution in [2.45, 2.75) is 17.3 Å². The Hall–Kier alpha value is -10.0. The monoisotopic (exact) mass is 950 g/mol. The third-order valence-corrected chi connectivity index (χ3v) is 17.2. The number of hydrogen-bond donors (Lipinski definition) is 0. The lowest BCUT2D eigenvalue weighted by molar-refractivity contribution is 0.513. The van der Waals surface area contributed by atoms with Crippen molar-refractivity contribution in [2.24, 2.45) is 0 Å². The summed E-state index contributed by atoms with van der Waals surface area (Å²) in [5.41, 5.74) is 20.6. The quantitative estimate of drug-likeness (QED) is 0.176. The highest BCUT2D eigenvalue weighted by Gasteiger charge is 2.64. The molecule has 16 rings (SSSR count). The van der Waals surface area contributed by atoms with E-state index in [0.29, 0.717) is 17.5 Å². The van der Waals surface area contributed by atoms with E-state index >= 15 is 0 Å². The topological polar surface area (TPSA) is 57.4 Å². The molecule has 2 aromatic heterocycles. The van der Waals surface area contributed by atoms with Gasteiger partial charge in [-0.05, 0) is 121 Å². The Morgan fingerprint density at radius 3 is 1.00 bits per heavy atom. The van der Waals surface area contributed by atoms with E-state index in [0.717, 1.165) is 88.4 Å². The minimum Gasteiger partial charge on any atom is -0.308 e. The van der Waals surface area contributed by atoms with Crippen molar-refractivity contribution >= 4 is 43.6 Å². The highest BCUT2D eigenvalue weighted by Crippen LogP contribution is 2.72. The first-order valence-corrected chi connectivity index (χ1v) is 25.8. The molecule has 0 fully saturated rings. The Balaban J connectivity index is 1.17. The van der Waals surface area contributed by atoms with Crippen molar-refractivity contribution in [3.63, 3.8) is 0 Å². The summed E-state index contributed by atoms with van der Waals surface area (Å²) < 4.78 is 4.72. The van der Waals surface area contributed by atoms with Crippen LogP contribution in [0.4, 0.5) is 0 Å². The standard InChI is InChI=1S/C71H42N4/c72-41-56-57(42-73)69(75-63-34-18-12-28-53(63)55-40-47(36-38-65(55)75)45-21-5-2-6-22-45)67-66(68(56)74-62-33-17-11-27-52(62)54-39-46(35-37-64(54)74)44-19-3-1-4-20-44)70(58-29-13-7-23-48(58)49-24-8-14-30-59(49)70)43-71(67)60-31-15-9-25-50(60)51-26-10-16-32-61(51)71/h1-40H,43H2. The summed E-state index contributed by atoms with van der Waals surface area (Å²) in [5.74, 6) is 0. The molecule has 0 saturated carbocycles. The summed E-state index contributed by atoms with van der Waals surface area (Å²) in [5, 5.41) is 29.1. The van der Waals surface area contributed by atoms with Crippen LogP contribution >= 0.6 is 0 Å². The summed E-state index contributed by atoms with van der Waals surface area (Å²) in [6, 6.07) is 93.3. The number of benzene rings is 11. The Labute approximate surface area is 433 Å². The van der Waals surface area contributed by atoms with E-state index in [9.17, 15) is 10.5 Å². The van der Waals surface area contributed by atoms with Crippen LogP contribution in [-0.2, 0) is 10.8 Å². The largest absolute Gasteiger partial charge is 0.308 e. The van der Waals surface area contributed by atoms with Gasteiger partial charge in [0.2, 0.25) is 0 Å². The molecule has 2 heterocycles. The van der Waals surface area contributed by atoms with Gasteiger partial charge in [-0.15, -0.1) is 0 Å². The maximum atomic E-state index is 12.4. The van der Waals surface area contributed by atoms with Gasteiger partial charge >= 0.3 is 0 Å². The zero-order valence-corrected chi connectivity index (χ0v) is 40.6. The van der Waals surface area contributed by atoms with Crippen LogP contribution in [0.1, 0.15) is 50.9 Å². The molecular formula is C71H42N4. The molecule has 4 nitrogen and oxygen atoms in total. The van der Waals surface area contributed by atoms with Crippen molar-refractivity contribution < 1.29 is 0 Å². The SMILES string of the molecule is N#Cc1c(C#N)c(-n2c3ccccc3c3cc(-c4ccccc4)ccc32)c2c(c1-n1c3ccccc3c3cc(-c4ccccc4)ccc31)C1(CC23c2ccccc2-c2ccccc23)c2ccccc2-c2ccccc21. The Kier molecular flexibility index (Phi) is 8.47. The molecule has 75 heavy (non-hydrogen) atoms. The summed E-state index contributed by atoms with van der Waals surface area (Å²) in [6.45, 7) is 0. The number of para-hydroxylation sites is 2. The second-order valence-electron chi connectivity index (χ2n) is 20.5. The van der Waals surface area contributed by atoms with E-state index in [1.165, 1.54) is 44.5 Å². The third kappa shape index (κ3) is 5.27. The molecule has 346 valence electrons. The van der Waals surface area contributed by atoms with Gasteiger partial charge in [-0.1, -0.05) is 206 Å². The second kappa shape index (κ2) is 15.3. The number of nitriles is 2. The number of nitrogens with zero attached hydrogens (tertiary/aromatic N) is 4. The van der Waals surface area contributed by atoms with Crippen molar-refractivity contribution in [3.8, 4) is 68.0 Å². The van der Waals surface area contributed by atoms with Gasteiger partial charge in [0.25, 0.3) is 0 Å². The smallest absolute Gasteiger partial charge is 0.103 e. The van der Waals surface area contributed by atoms with E-state index in [2.05, 4.69) is 264 Å². The fourth-order valence-corrected chi connectivity index (χ4v) is 14.4. The number of fused-ring (bicyclic) bond motifs is 19. The molecular weight excluding hydrogens is 909 g/mol. The number of rotatable bonds is 4. The summed E-state index contributed by atoms with van der Waals surface area (Å²) in [7, 11) is 0. The molecule has 0 N–H and O–H groups in total. The van der Waals surface area contributed by atoms with Crippen LogP contribution in [0.25, 0.3) is 99.5 Å². The lowest BCUT2D eigenvalue weighted by Gasteiger charge is -2.34. The second-order valence-corrected chi connectivity index (χ2v) is 20.5. The predicted octanol–water partition coefficient (Wildman–Crippen LogP) is 17.0. The van der Waals surface area contributed by atoms with Gasteiger partial charge < -0.3 is 9.13 Å². The van der Waals surface area contributed by atoms with E-state index in [-0.39, 0.29) is 0 Å². The van der Waals surface area contributed by atoms with Crippen molar-refractivity contribution in [2.75, 3.05) is 0 Å². The molecule has 3 aliphatic rings. The predicted molar refractivity (Wildman–Crippen MR) is 304 cm³/mol. The van der Waals surface area contributed by atoms with Gasteiger partial charge in [0.05, 0.1) is 55.4 Å². The molecule has 0 aliphatic heterocycles. The van der Waals surface area contributed by atoms with Gasteiger partial charge in [-0.3, -0.25) is 0 Å². The van der Waals surface area contributed by atoms with Crippen LogP contribution in [0.3, 0.4) is 0 Å². The van der Waals surface area contributed by atoms with Crippen molar-refractivity contribution in [3.05, 3.63) is 287 Å². The van der Waals surface area contributed by atoms with Gasteiger partial charge in [0.15, 0.2) is 0 Å². The van der Waals surface area contributed by atoms with Crippen LogP contribution in [-0.4, -0.2) is 9.13 Å². The fourth-order valence-electron chi connectivity index (χ4n) is 14.4. The fraction of sp³-hybridized carbons (Fsp3) is 0.0423. The van der Waals surface area contributed by atoms with Crippen LogP contribution < -0.4 is 0 Å². The molecule has 0 bridgehead atoms. The average molecular weight is 951 g/mol. The van der Waals surface area contributed by atoms with Crippen LogP contribution in [0.2, 0.25) is 0 Å². The first kappa shape index (κ1) is 41.6. The number of hydrogen-bond acceptors (Lipinski definition) is 2. The van der Waals surface area contributed by atoms with E-state index in [1.807, 2.05) is 0 Å². The Morgan fingerprint density at radius 1 is 0.307 bits per heavy atom. The Bertz CT molecular complexity index is 4320. The first-order chi connectivity index (χ1) is 37.1. The lowest BCUT2D eigenvalue weighted by Crippen LogP contribution is -2.30. The molecule has 0 unspecified atom stereocenters. The van der Waals surface area contributed by atoms with Crippen LogP contribution in [0.5, 0.6) is 0 Å². The summed E-state index contributed by atoms with van der Waals surface area (Å²) in [4.78, 5) is 0. The van der Waals surface area contributed by atoms with Gasteiger partial charge in [0.1, 0.15) is 12.1 Å². The zero-order valence-electron chi connectivity index (χ0n) is 40.6. The van der Waals surface area contributed by atoms with E-state index < -0.39 is 10.8 Å². The molecule has 4 heteroatoms. The minimum absolute atomic E-state index is 0.353. The van der Waals surface area contributed by atoms with Crippen molar-refractivity contribution in [1.29, 1.82) is 10.5 Å². The minimum atomic E-state index is -0.822. The molecule has 0 saturated heterocycles. The molecule has 13 aromatic rings. The first-order valence-electron chi connectivity index (χ1n) is 25.8. The molecule has 0 radical (unpaired) electrons. The van der Waals surface area contributed by atoms with Crippen molar-refractivity contribution in [1.82, 2.24) is 9.13 Å². The van der Waals surface area contributed by atoms with Gasteiger partial charge in [-0.2, -0.15) is 10.5 Å². The summed E-state index contributed by atoms with van der Waals surface area (Å²) >= 11 is 0. The molecule has 2 spiro atoms. The van der Waals surface area contributed by atoms with Gasteiger partial charge in [-0.25, -0.2) is 0 Å². The van der Waals surface area contributed by atoms with E-state index in [1.54, 1.807) is 0 Å². The molecule has 0 amide bonds. The maximum absolute atomic E-state index is 12.4. The maximum Gasteiger partial charge on any atom is 0.103 e. The molecule has 0 atom stereocenters. The average Bonchev–Trinajstić information content (AvgIpc) is 4.34. The molecule has 3 aliphatic carbocycles. The van der Waals surface area contributed by atoms with Crippen LogP contribution in [0, 0.1) is 22.7 Å². The normalized spacial score (nSPS) is 14.0. The zero-order chi connectivity index (χ0) is 49.6. The highest BCUT2D eigenvalue weighted by atomic mass is 15.0. The number of aromatic nitrogens is 2. The third-order valence-electron chi connectivity index (χ3n) is 17.2. The molecule has 11 aromatic carbocycles. The lowest BCUT2D eigenvalue weighted by atomic mass is 9.67. The highest BCUT2D eigenvalue weighted by molar-refractivity contribution is 6.13. The Morgan fingerprint density at radius 2 is 0.627 bits per heavy atom. The van der Waals surface area contributed by atoms with Crippen LogP contribution in [0.15, 0.2) is 243 Å². The summed E-state index contributed by atoms with van der Waals surface area (Å²) in [6.07, 6.45) is 0.627. The van der Waals surface area contributed by atoms with E-state index in [4.69, 9.17) is 0 Å².